The number of alkyl halides is 1. The largest absolute Gasteiger partial charge is 0.381 e. The summed E-state index contributed by atoms with van der Waals surface area (Å²) < 4.78 is 6.13. The summed E-state index contributed by atoms with van der Waals surface area (Å²) >= 11 is 2.41. The highest BCUT2D eigenvalue weighted by Crippen LogP contribution is 1.99. The number of rotatable bonds is 6. The Morgan fingerprint density at radius 3 is 2.70 bits per heavy atom. The minimum absolute atomic E-state index is 0.754. The van der Waals surface area contributed by atoms with Crippen molar-refractivity contribution < 1.29 is 4.74 Å². The monoisotopic (exact) mass is 254 g/mol. The Bertz CT molecular complexity index is 81.3. The van der Waals surface area contributed by atoms with Gasteiger partial charge in [0.2, 0.25) is 0 Å². The second kappa shape index (κ2) is 9.43. The van der Waals surface area contributed by atoms with Gasteiger partial charge in [-0.25, -0.2) is 0 Å². The lowest BCUT2D eigenvalue weighted by atomic mass is 10.2. The van der Waals surface area contributed by atoms with Crippen LogP contribution in [0.1, 0.15) is 19.3 Å². The first kappa shape index (κ1) is 10.4. The minimum atomic E-state index is 0.754. The molecular weight excluding hydrogens is 239 g/mol. The van der Waals surface area contributed by atoms with Crippen LogP contribution in [0.3, 0.4) is 0 Å². The van der Waals surface area contributed by atoms with Gasteiger partial charge in [-0.15, -0.1) is 0 Å². The lowest BCUT2D eigenvalue weighted by Gasteiger charge is -1.90. The number of halogens is 1. The SMILES string of the molecule is COC/C=C/CCCCI. The van der Waals surface area contributed by atoms with E-state index < -0.39 is 0 Å². The number of ether oxygens (including phenoxy) is 1. The van der Waals surface area contributed by atoms with E-state index in [4.69, 9.17) is 4.74 Å². The number of hydrogen-bond acceptors (Lipinski definition) is 1. The first-order valence-corrected chi connectivity index (χ1v) is 5.14. The molecule has 0 fully saturated rings. The molecule has 10 heavy (non-hydrogen) atoms. The lowest BCUT2D eigenvalue weighted by molar-refractivity contribution is 0.233. The van der Waals surface area contributed by atoms with Crippen LogP contribution >= 0.6 is 22.6 Å². The van der Waals surface area contributed by atoms with Crippen molar-refractivity contribution in [2.75, 3.05) is 18.1 Å². The van der Waals surface area contributed by atoms with E-state index >= 15 is 0 Å². The number of hydrogen-bond donors (Lipinski definition) is 0. The zero-order valence-corrected chi connectivity index (χ0v) is 8.63. The molecule has 0 heterocycles. The Morgan fingerprint density at radius 2 is 2.10 bits per heavy atom. The van der Waals surface area contributed by atoms with E-state index in [-0.39, 0.29) is 0 Å². The van der Waals surface area contributed by atoms with Gasteiger partial charge in [0, 0.05) is 7.11 Å². The fraction of sp³-hybridized carbons (Fsp3) is 0.750. The predicted molar refractivity (Wildman–Crippen MR) is 53.8 cm³/mol. The molecule has 0 unspecified atom stereocenters. The Kier molecular flexibility index (Phi) is 9.84. The van der Waals surface area contributed by atoms with Crippen LogP contribution in [-0.2, 0) is 4.74 Å². The molecule has 0 radical (unpaired) electrons. The van der Waals surface area contributed by atoms with Crippen LogP contribution in [0, 0.1) is 0 Å². The van der Waals surface area contributed by atoms with Crippen LogP contribution in [0.15, 0.2) is 12.2 Å². The Hall–Kier alpha value is 0.430. The van der Waals surface area contributed by atoms with E-state index in [1.807, 2.05) is 0 Å². The molecule has 0 aromatic heterocycles. The molecule has 0 aliphatic heterocycles. The lowest BCUT2D eigenvalue weighted by Crippen LogP contribution is -1.80. The third kappa shape index (κ3) is 8.43. The van der Waals surface area contributed by atoms with E-state index in [0.29, 0.717) is 0 Å². The second-order valence-electron chi connectivity index (χ2n) is 2.11. The highest BCUT2D eigenvalue weighted by molar-refractivity contribution is 14.1. The zero-order chi connectivity index (χ0) is 7.66. The summed E-state index contributed by atoms with van der Waals surface area (Å²) in [6.07, 6.45) is 8.11. The predicted octanol–water partition coefficient (Wildman–Crippen LogP) is 2.79. The number of allylic oxidation sites excluding steroid dienone is 1. The highest BCUT2D eigenvalue weighted by atomic mass is 127. The third-order valence-electron chi connectivity index (χ3n) is 1.18. The average Bonchev–Trinajstić information content (AvgIpc) is 1.97. The Labute approximate surface area is 77.0 Å². The van der Waals surface area contributed by atoms with Crippen molar-refractivity contribution >= 4 is 22.6 Å². The number of unbranched alkanes of at least 4 members (excludes halogenated alkanes) is 2. The fourth-order valence-corrected chi connectivity index (χ4v) is 1.18. The van der Waals surface area contributed by atoms with E-state index in [1.165, 1.54) is 23.7 Å². The van der Waals surface area contributed by atoms with Gasteiger partial charge in [-0.2, -0.15) is 0 Å². The molecule has 0 bridgehead atoms. The third-order valence-corrected chi connectivity index (χ3v) is 1.95. The van der Waals surface area contributed by atoms with Crippen molar-refractivity contribution in [3.05, 3.63) is 12.2 Å². The van der Waals surface area contributed by atoms with Crippen LogP contribution in [0.5, 0.6) is 0 Å². The normalized spacial score (nSPS) is 11.0. The molecule has 60 valence electrons. The van der Waals surface area contributed by atoms with Crippen molar-refractivity contribution in [3.8, 4) is 0 Å². The Morgan fingerprint density at radius 1 is 1.30 bits per heavy atom. The quantitative estimate of drug-likeness (QED) is 0.306. The summed E-state index contributed by atoms with van der Waals surface area (Å²) in [5.41, 5.74) is 0. The van der Waals surface area contributed by atoms with Crippen LogP contribution in [-0.4, -0.2) is 18.1 Å². The molecule has 0 aromatic carbocycles. The van der Waals surface area contributed by atoms with Crippen LogP contribution in [0.2, 0.25) is 0 Å². The summed E-state index contributed by atoms with van der Waals surface area (Å²) in [4.78, 5) is 0. The van der Waals surface area contributed by atoms with Crippen molar-refractivity contribution in [1.29, 1.82) is 0 Å². The van der Waals surface area contributed by atoms with Gasteiger partial charge in [0.05, 0.1) is 6.61 Å². The maximum Gasteiger partial charge on any atom is 0.0643 e. The van der Waals surface area contributed by atoms with E-state index in [9.17, 15) is 0 Å². The van der Waals surface area contributed by atoms with Gasteiger partial charge < -0.3 is 4.74 Å². The molecule has 0 saturated heterocycles. The molecule has 0 amide bonds. The molecule has 0 saturated carbocycles. The topological polar surface area (TPSA) is 9.23 Å². The molecule has 0 atom stereocenters. The van der Waals surface area contributed by atoms with Crippen molar-refractivity contribution in [3.63, 3.8) is 0 Å². The van der Waals surface area contributed by atoms with Crippen molar-refractivity contribution in [1.82, 2.24) is 0 Å². The average molecular weight is 254 g/mol. The van der Waals surface area contributed by atoms with Gasteiger partial charge in [0.1, 0.15) is 0 Å². The van der Waals surface area contributed by atoms with Gasteiger partial charge in [-0.3, -0.25) is 0 Å². The van der Waals surface area contributed by atoms with Crippen LogP contribution in [0.4, 0.5) is 0 Å². The van der Waals surface area contributed by atoms with Gasteiger partial charge in [0.15, 0.2) is 0 Å². The standard InChI is InChI=1S/C8H15IO/c1-10-8-6-4-2-3-5-7-9/h4,6H,2-3,5,7-8H2,1H3/b6-4+. The summed E-state index contributed by atoms with van der Waals surface area (Å²) in [6, 6.07) is 0. The molecule has 2 heteroatoms. The molecule has 0 rings (SSSR count). The van der Waals surface area contributed by atoms with Crippen LogP contribution < -0.4 is 0 Å². The van der Waals surface area contributed by atoms with Gasteiger partial charge in [-0.05, 0) is 23.7 Å². The van der Waals surface area contributed by atoms with Gasteiger partial charge >= 0.3 is 0 Å². The smallest absolute Gasteiger partial charge is 0.0643 e. The summed E-state index contributed by atoms with van der Waals surface area (Å²) in [5, 5.41) is 0. The zero-order valence-electron chi connectivity index (χ0n) is 6.48. The van der Waals surface area contributed by atoms with Gasteiger partial charge in [0.25, 0.3) is 0 Å². The molecule has 0 aliphatic carbocycles. The second-order valence-corrected chi connectivity index (χ2v) is 3.19. The fourth-order valence-electron chi connectivity index (χ4n) is 0.639. The molecule has 0 N–H and O–H groups in total. The van der Waals surface area contributed by atoms with Gasteiger partial charge in [-0.1, -0.05) is 34.7 Å². The van der Waals surface area contributed by atoms with Crippen molar-refractivity contribution in [2.45, 2.75) is 19.3 Å². The van der Waals surface area contributed by atoms with Crippen molar-refractivity contribution in [2.24, 2.45) is 0 Å². The maximum atomic E-state index is 4.86. The molecule has 0 aliphatic rings. The summed E-state index contributed by atoms with van der Waals surface area (Å²) in [6.45, 7) is 0.754. The van der Waals surface area contributed by atoms with Crippen LogP contribution in [0.25, 0.3) is 0 Å². The molecule has 0 spiro atoms. The Balaban J connectivity index is 2.88. The first-order valence-electron chi connectivity index (χ1n) is 3.61. The molecule has 0 aromatic rings. The molecule has 1 nitrogen and oxygen atoms in total. The summed E-state index contributed by atoms with van der Waals surface area (Å²) in [7, 11) is 1.72. The summed E-state index contributed by atoms with van der Waals surface area (Å²) in [5.74, 6) is 0. The maximum absolute atomic E-state index is 4.86. The van der Waals surface area contributed by atoms with E-state index in [2.05, 4.69) is 34.7 Å². The van der Waals surface area contributed by atoms with E-state index in [0.717, 1.165) is 6.61 Å². The molecular formula is C8H15IO. The minimum Gasteiger partial charge on any atom is -0.381 e. The first-order chi connectivity index (χ1) is 4.91. The van der Waals surface area contributed by atoms with E-state index in [1.54, 1.807) is 7.11 Å². The number of methoxy groups -OCH3 is 1. The highest BCUT2D eigenvalue weighted by Gasteiger charge is 1.81.